The Kier molecular flexibility index (Phi) is 3.94. The molecule has 0 aromatic heterocycles. The first kappa shape index (κ1) is 10.5. The van der Waals surface area contributed by atoms with E-state index in [0.717, 1.165) is 11.4 Å². The summed E-state index contributed by atoms with van der Waals surface area (Å²) in [6, 6.07) is 7.30. The standard InChI is InChI=1S/C10H14N2O2/c1-8(2)14-10-5-3-9(4-6-10)11-7-12-13/h3-8,13H,1-2H3,(H,11,12). The van der Waals surface area contributed by atoms with Crippen molar-refractivity contribution in [3.63, 3.8) is 0 Å². The Hall–Kier alpha value is -1.55. The van der Waals surface area contributed by atoms with Crippen molar-refractivity contribution in [2.45, 2.75) is 20.0 Å². The number of aliphatic imine (C=N–C) groups is 1. The van der Waals surface area contributed by atoms with E-state index in [1.54, 1.807) is 0 Å². The summed E-state index contributed by atoms with van der Waals surface area (Å²) in [5.41, 5.74) is 2.59. The summed E-state index contributed by atoms with van der Waals surface area (Å²) in [5, 5.41) is 8.28. The average molecular weight is 194 g/mol. The predicted octanol–water partition coefficient (Wildman–Crippen LogP) is 2.11. The highest BCUT2D eigenvalue weighted by Crippen LogP contribution is 2.18. The lowest BCUT2D eigenvalue weighted by Crippen LogP contribution is -2.05. The van der Waals surface area contributed by atoms with E-state index in [1.807, 2.05) is 43.6 Å². The van der Waals surface area contributed by atoms with Gasteiger partial charge in [0.05, 0.1) is 11.8 Å². The van der Waals surface area contributed by atoms with Crippen LogP contribution in [-0.4, -0.2) is 17.6 Å². The molecule has 4 nitrogen and oxygen atoms in total. The van der Waals surface area contributed by atoms with Gasteiger partial charge in [-0.3, -0.25) is 10.7 Å². The van der Waals surface area contributed by atoms with Crippen LogP contribution >= 0.6 is 0 Å². The zero-order chi connectivity index (χ0) is 10.4. The molecular formula is C10H14N2O2. The van der Waals surface area contributed by atoms with E-state index >= 15 is 0 Å². The minimum atomic E-state index is 0.170. The molecule has 0 heterocycles. The second kappa shape index (κ2) is 5.24. The molecule has 2 N–H and O–H groups in total. The van der Waals surface area contributed by atoms with Crippen LogP contribution in [0.2, 0.25) is 0 Å². The third-order valence-corrected chi connectivity index (χ3v) is 1.48. The SMILES string of the molecule is CC(C)Oc1ccc(N=CNO)cc1. The number of rotatable bonds is 4. The maximum atomic E-state index is 8.28. The van der Waals surface area contributed by atoms with Crippen LogP contribution in [0.5, 0.6) is 5.75 Å². The normalized spacial score (nSPS) is 10.9. The predicted molar refractivity (Wildman–Crippen MR) is 55.3 cm³/mol. The number of hydroxylamine groups is 1. The monoisotopic (exact) mass is 194 g/mol. The minimum absolute atomic E-state index is 0.170. The highest BCUT2D eigenvalue weighted by atomic mass is 16.5. The Balaban J connectivity index is 2.64. The number of benzene rings is 1. The van der Waals surface area contributed by atoms with Crippen molar-refractivity contribution in [1.29, 1.82) is 0 Å². The fourth-order valence-electron chi connectivity index (χ4n) is 0.986. The lowest BCUT2D eigenvalue weighted by molar-refractivity contribution is 0.240. The molecule has 0 spiro atoms. The third kappa shape index (κ3) is 3.45. The number of ether oxygens (including phenoxy) is 1. The molecule has 1 aromatic rings. The van der Waals surface area contributed by atoms with Gasteiger partial charge < -0.3 is 4.74 Å². The molecule has 14 heavy (non-hydrogen) atoms. The van der Waals surface area contributed by atoms with Gasteiger partial charge in [0.2, 0.25) is 0 Å². The number of hydrogen-bond donors (Lipinski definition) is 2. The summed E-state index contributed by atoms with van der Waals surface area (Å²) in [7, 11) is 0. The van der Waals surface area contributed by atoms with Crippen LogP contribution in [-0.2, 0) is 0 Å². The van der Waals surface area contributed by atoms with Crippen LogP contribution in [0.15, 0.2) is 29.3 Å². The number of hydrogen-bond acceptors (Lipinski definition) is 3. The second-order valence-corrected chi connectivity index (χ2v) is 3.05. The summed E-state index contributed by atoms with van der Waals surface area (Å²) in [6.07, 6.45) is 1.38. The van der Waals surface area contributed by atoms with Crippen LogP contribution < -0.4 is 10.2 Å². The molecule has 1 aromatic carbocycles. The fourth-order valence-corrected chi connectivity index (χ4v) is 0.986. The van der Waals surface area contributed by atoms with Crippen molar-refractivity contribution in [3.8, 4) is 5.75 Å². The molecule has 1 rings (SSSR count). The third-order valence-electron chi connectivity index (χ3n) is 1.48. The maximum absolute atomic E-state index is 8.28. The average Bonchev–Trinajstić information content (AvgIpc) is 2.16. The van der Waals surface area contributed by atoms with Crippen molar-refractivity contribution in [1.82, 2.24) is 5.48 Å². The Bertz CT molecular complexity index is 293. The first-order valence-corrected chi connectivity index (χ1v) is 4.41. The van der Waals surface area contributed by atoms with Crippen LogP contribution in [0.25, 0.3) is 0 Å². The molecule has 0 saturated carbocycles. The molecule has 0 atom stereocenters. The van der Waals surface area contributed by atoms with E-state index in [2.05, 4.69) is 4.99 Å². The van der Waals surface area contributed by atoms with Gasteiger partial charge in [-0.25, -0.2) is 4.99 Å². The summed E-state index contributed by atoms with van der Waals surface area (Å²) in [6.45, 7) is 3.95. The van der Waals surface area contributed by atoms with Crippen molar-refractivity contribution in [3.05, 3.63) is 24.3 Å². The van der Waals surface area contributed by atoms with Crippen LogP contribution in [0, 0.1) is 0 Å². The summed E-state index contributed by atoms with van der Waals surface area (Å²) in [5.74, 6) is 0.816. The molecule has 76 valence electrons. The van der Waals surface area contributed by atoms with Crippen molar-refractivity contribution in [2.24, 2.45) is 4.99 Å². The van der Waals surface area contributed by atoms with Gasteiger partial charge in [-0.2, -0.15) is 0 Å². The molecule has 0 radical (unpaired) electrons. The Morgan fingerprint density at radius 3 is 2.50 bits per heavy atom. The smallest absolute Gasteiger partial charge is 0.119 e. The molecule has 4 heteroatoms. The summed E-state index contributed by atoms with van der Waals surface area (Å²) >= 11 is 0. The van der Waals surface area contributed by atoms with E-state index < -0.39 is 0 Å². The van der Waals surface area contributed by atoms with Gasteiger partial charge in [-0.05, 0) is 38.1 Å². The Morgan fingerprint density at radius 2 is 2.00 bits per heavy atom. The molecule has 0 bridgehead atoms. The number of nitrogens with zero attached hydrogens (tertiary/aromatic N) is 1. The molecule has 0 fully saturated rings. The highest BCUT2D eigenvalue weighted by molar-refractivity contribution is 5.59. The molecular weight excluding hydrogens is 180 g/mol. The molecule has 0 aliphatic carbocycles. The van der Waals surface area contributed by atoms with Gasteiger partial charge in [-0.1, -0.05) is 0 Å². The molecule has 0 aliphatic heterocycles. The van der Waals surface area contributed by atoms with Crippen LogP contribution in [0.3, 0.4) is 0 Å². The van der Waals surface area contributed by atoms with E-state index in [4.69, 9.17) is 9.94 Å². The lowest BCUT2D eigenvalue weighted by Gasteiger charge is -2.08. The van der Waals surface area contributed by atoms with Crippen molar-refractivity contribution < 1.29 is 9.94 Å². The van der Waals surface area contributed by atoms with Gasteiger partial charge in [0.1, 0.15) is 12.1 Å². The van der Waals surface area contributed by atoms with E-state index in [-0.39, 0.29) is 6.10 Å². The van der Waals surface area contributed by atoms with Crippen LogP contribution in [0.4, 0.5) is 5.69 Å². The van der Waals surface area contributed by atoms with Crippen molar-refractivity contribution in [2.75, 3.05) is 0 Å². The quantitative estimate of drug-likeness (QED) is 0.438. The molecule has 0 amide bonds. The van der Waals surface area contributed by atoms with Gasteiger partial charge in [0.15, 0.2) is 0 Å². The fraction of sp³-hybridized carbons (Fsp3) is 0.300. The van der Waals surface area contributed by atoms with E-state index in [9.17, 15) is 0 Å². The molecule has 0 unspecified atom stereocenters. The number of nitrogens with one attached hydrogen (secondary N) is 1. The Labute approximate surface area is 83.2 Å². The van der Waals surface area contributed by atoms with Gasteiger partial charge in [-0.15, -0.1) is 0 Å². The molecule has 0 saturated heterocycles. The minimum Gasteiger partial charge on any atom is -0.491 e. The Morgan fingerprint density at radius 1 is 1.36 bits per heavy atom. The maximum Gasteiger partial charge on any atom is 0.119 e. The van der Waals surface area contributed by atoms with Gasteiger partial charge in [0, 0.05) is 0 Å². The van der Waals surface area contributed by atoms with E-state index in [1.165, 1.54) is 6.34 Å². The van der Waals surface area contributed by atoms with Crippen LogP contribution in [0.1, 0.15) is 13.8 Å². The largest absolute Gasteiger partial charge is 0.491 e. The first-order valence-electron chi connectivity index (χ1n) is 4.41. The van der Waals surface area contributed by atoms with E-state index in [0.29, 0.717) is 0 Å². The highest BCUT2D eigenvalue weighted by Gasteiger charge is 1.96. The zero-order valence-electron chi connectivity index (χ0n) is 8.27. The lowest BCUT2D eigenvalue weighted by atomic mass is 10.3. The van der Waals surface area contributed by atoms with Gasteiger partial charge in [0.25, 0.3) is 0 Å². The van der Waals surface area contributed by atoms with Gasteiger partial charge >= 0.3 is 0 Å². The zero-order valence-corrected chi connectivity index (χ0v) is 8.27. The topological polar surface area (TPSA) is 53.8 Å². The van der Waals surface area contributed by atoms with Crippen molar-refractivity contribution >= 4 is 12.0 Å². The summed E-state index contributed by atoms with van der Waals surface area (Å²) < 4.78 is 5.46. The summed E-state index contributed by atoms with van der Waals surface area (Å²) in [4.78, 5) is 3.90. The first-order chi connectivity index (χ1) is 6.72. The second-order valence-electron chi connectivity index (χ2n) is 3.05. The molecule has 0 aliphatic rings.